The second kappa shape index (κ2) is 8.56. The van der Waals surface area contributed by atoms with Gasteiger partial charge >= 0.3 is 6.03 Å². The number of hydrogen-bond donors (Lipinski definition) is 3. The van der Waals surface area contributed by atoms with Gasteiger partial charge in [-0.1, -0.05) is 26.0 Å². The summed E-state index contributed by atoms with van der Waals surface area (Å²) in [4.78, 5) is 23.2. The molecule has 0 unspecified atom stereocenters. The highest BCUT2D eigenvalue weighted by Gasteiger charge is 2.19. The maximum Gasteiger partial charge on any atom is 0.312 e. The van der Waals surface area contributed by atoms with Crippen LogP contribution < -0.4 is 16.4 Å². The molecule has 1 aromatic carbocycles. The number of hydrogen-bond acceptors (Lipinski definition) is 3. The molecule has 4 N–H and O–H groups in total. The first-order valence-corrected chi connectivity index (χ1v) is 8.29. The Morgan fingerprint density at radius 3 is 2.33 bits per heavy atom. The summed E-state index contributed by atoms with van der Waals surface area (Å²) in [5, 5.41) is 5.28. The molecule has 0 fully saturated rings. The van der Waals surface area contributed by atoms with E-state index in [4.69, 9.17) is 5.73 Å². The minimum absolute atomic E-state index is 0.250. The van der Waals surface area contributed by atoms with Crippen molar-refractivity contribution in [2.75, 3.05) is 17.3 Å². The molecule has 3 amide bonds. The van der Waals surface area contributed by atoms with Crippen molar-refractivity contribution in [3.63, 3.8) is 0 Å². The van der Waals surface area contributed by atoms with E-state index in [-0.39, 0.29) is 5.91 Å². The molecule has 0 spiro atoms. The molecular formula is C15H23N3O2S. The number of primary amides is 1. The topological polar surface area (TPSA) is 84.2 Å². The van der Waals surface area contributed by atoms with E-state index in [1.54, 1.807) is 11.8 Å². The van der Waals surface area contributed by atoms with Crippen molar-refractivity contribution < 1.29 is 9.59 Å². The molecule has 6 heteroatoms. The monoisotopic (exact) mass is 309 g/mol. The molecule has 1 rings (SSSR count). The summed E-state index contributed by atoms with van der Waals surface area (Å²) in [6.45, 7) is 4.23. The third-order valence-corrected chi connectivity index (χ3v) is 3.73. The second-order valence-corrected chi connectivity index (χ2v) is 6.09. The Hall–Kier alpha value is -1.69. The maximum atomic E-state index is 12.2. The van der Waals surface area contributed by atoms with Crippen LogP contribution in [-0.2, 0) is 4.79 Å². The lowest BCUT2D eigenvalue weighted by Gasteiger charge is -2.17. The fourth-order valence-electron chi connectivity index (χ4n) is 1.86. The van der Waals surface area contributed by atoms with Gasteiger partial charge in [0.1, 0.15) is 6.04 Å². The third kappa shape index (κ3) is 6.08. The van der Waals surface area contributed by atoms with E-state index in [0.717, 1.165) is 5.75 Å². The quantitative estimate of drug-likeness (QED) is 0.723. The van der Waals surface area contributed by atoms with Gasteiger partial charge in [-0.3, -0.25) is 4.79 Å². The molecule has 21 heavy (non-hydrogen) atoms. The van der Waals surface area contributed by atoms with E-state index in [1.165, 1.54) is 5.56 Å². The lowest BCUT2D eigenvalue weighted by atomic mass is 10.0. The van der Waals surface area contributed by atoms with Crippen LogP contribution in [0.1, 0.15) is 31.7 Å². The van der Waals surface area contributed by atoms with Crippen LogP contribution in [-0.4, -0.2) is 30.0 Å². The number of nitrogens with one attached hydrogen (secondary N) is 2. The Kier molecular flexibility index (Phi) is 7.08. The van der Waals surface area contributed by atoms with Crippen molar-refractivity contribution in [2.24, 2.45) is 5.73 Å². The van der Waals surface area contributed by atoms with Gasteiger partial charge in [-0.05, 0) is 42.0 Å². The molecule has 0 aliphatic rings. The maximum absolute atomic E-state index is 12.2. The fraction of sp³-hybridized carbons (Fsp3) is 0.467. The highest BCUT2D eigenvalue weighted by molar-refractivity contribution is 7.98. The summed E-state index contributed by atoms with van der Waals surface area (Å²) in [5.74, 6) is 0.964. The molecule has 116 valence electrons. The number of carbonyl (C=O) groups is 2. The second-order valence-electron chi connectivity index (χ2n) is 5.11. The van der Waals surface area contributed by atoms with Crippen LogP contribution in [0.4, 0.5) is 10.5 Å². The van der Waals surface area contributed by atoms with E-state index in [1.807, 2.05) is 30.5 Å². The predicted molar refractivity (Wildman–Crippen MR) is 88.7 cm³/mol. The van der Waals surface area contributed by atoms with Crippen LogP contribution in [0.3, 0.4) is 0 Å². The van der Waals surface area contributed by atoms with Gasteiger partial charge in [0.2, 0.25) is 5.91 Å². The zero-order chi connectivity index (χ0) is 15.8. The Balaban J connectivity index is 2.68. The average molecular weight is 309 g/mol. The highest BCUT2D eigenvalue weighted by atomic mass is 32.2. The first kappa shape index (κ1) is 17.4. The number of thioether (sulfide) groups is 1. The number of carbonyl (C=O) groups excluding carboxylic acids is 2. The smallest absolute Gasteiger partial charge is 0.312 e. The normalized spacial score (nSPS) is 12.0. The molecular weight excluding hydrogens is 286 g/mol. The van der Waals surface area contributed by atoms with Gasteiger partial charge < -0.3 is 16.4 Å². The van der Waals surface area contributed by atoms with Gasteiger partial charge in [-0.2, -0.15) is 11.8 Å². The van der Waals surface area contributed by atoms with Crippen LogP contribution in [0.2, 0.25) is 0 Å². The van der Waals surface area contributed by atoms with Crippen molar-refractivity contribution in [1.82, 2.24) is 5.32 Å². The number of nitrogens with two attached hydrogens (primary N) is 1. The molecule has 0 aliphatic heterocycles. The SMILES string of the molecule is CSCC[C@H](NC(N)=O)C(=O)Nc1ccc(C(C)C)cc1. The molecule has 0 aliphatic carbocycles. The standard InChI is InChI=1S/C15H23N3O2S/c1-10(2)11-4-6-12(7-5-11)17-14(19)13(8-9-21-3)18-15(16)20/h4-7,10,13H,8-9H2,1-3H3,(H,17,19)(H3,16,18,20)/t13-/m0/s1. The minimum atomic E-state index is -0.689. The largest absolute Gasteiger partial charge is 0.352 e. The molecule has 0 saturated carbocycles. The van der Waals surface area contributed by atoms with E-state index < -0.39 is 12.1 Å². The van der Waals surface area contributed by atoms with Crippen LogP contribution in [0.25, 0.3) is 0 Å². The van der Waals surface area contributed by atoms with Crippen molar-refractivity contribution >= 4 is 29.4 Å². The van der Waals surface area contributed by atoms with Gasteiger partial charge in [0, 0.05) is 5.69 Å². The van der Waals surface area contributed by atoms with Crippen LogP contribution >= 0.6 is 11.8 Å². The lowest BCUT2D eigenvalue weighted by Crippen LogP contribution is -2.46. The van der Waals surface area contributed by atoms with E-state index in [0.29, 0.717) is 18.0 Å². The summed E-state index contributed by atoms with van der Waals surface area (Å²) >= 11 is 1.61. The summed E-state index contributed by atoms with van der Waals surface area (Å²) in [6, 6.07) is 6.40. The van der Waals surface area contributed by atoms with Gasteiger partial charge in [0.25, 0.3) is 0 Å². The molecule has 0 radical (unpaired) electrons. The molecule has 0 aromatic heterocycles. The number of benzene rings is 1. The zero-order valence-electron chi connectivity index (χ0n) is 12.7. The highest BCUT2D eigenvalue weighted by Crippen LogP contribution is 2.17. The Morgan fingerprint density at radius 2 is 1.86 bits per heavy atom. The third-order valence-electron chi connectivity index (χ3n) is 3.09. The Morgan fingerprint density at radius 1 is 1.24 bits per heavy atom. The zero-order valence-corrected chi connectivity index (χ0v) is 13.5. The fourth-order valence-corrected chi connectivity index (χ4v) is 2.33. The van der Waals surface area contributed by atoms with Gasteiger partial charge in [-0.15, -0.1) is 0 Å². The van der Waals surface area contributed by atoms with Crippen molar-refractivity contribution in [1.29, 1.82) is 0 Å². The lowest BCUT2D eigenvalue weighted by molar-refractivity contribution is -0.117. The first-order valence-electron chi connectivity index (χ1n) is 6.89. The molecule has 1 aromatic rings. The number of urea groups is 1. The van der Waals surface area contributed by atoms with Crippen LogP contribution in [0, 0.1) is 0 Å². The number of anilines is 1. The van der Waals surface area contributed by atoms with E-state index in [9.17, 15) is 9.59 Å². The molecule has 0 heterocycles. The predicted octanol–water partition coefficient (Wildman–Crippen LogP) is 2.54. The Labute approximate surface area is 130 Å². The van der Waals surface area contributed by atoms with E-state index >= 15 is 0 Å². The summed E-state index contributed by atoms with van der Waals surface area (Å²) in [6.07, 6.45) is 2.49. The van der Waals surface area contributed by atoms with Crippen molar-refractivity contribution in [3.8, 4) is 0 Å². The van der Waals surface area contributed by atoms with Gasteiger partial charge in [-0.25, -0.2) is 4.79 Å². The number of amides is 3. The summed E-state index contributed by atoms with van der Waals surface area (Å²) in [7, 11) is 0. The van der Waals surface area contributed by atoms with Crippen molar-refractivity contribution in [3.05, 3.63) is 29.8 Å². The average Bonchev–Trinajstić information content (AvgIpc) is 2.43. The van der Waals surface area contributed by atoms with Gasteiger partial charge in [0.05, 0.1) is 0 Å². The molecule has 0 bridgehead atoms. The summed E-state index contributed by atoms with van der Waals surface area (Å²) in [5.41, 5.74) is 7.04. The molecule has 0 saturated heterocycles. The van der Waals surface area contributed by atoms with E-state index in [2.05, 4.69) is 24.5 Å². The van der Waals surface area contributed by atoms with Crippen molar-refractivity contribution in [2.45, 2.75) is 32.2 Å². The van der Waals surface area contributed by atoms with Crippen LogP contribution in [0.5, 0.6) is 0 Å². The minimum Gasteiger partial charge on any atom is -0.352 e. The first-order chi connectivity index (χ1) is 9.93. The summed E-state index contributed by atoms with van der Waals surface area (Å²) < 4.78 is 0. The number of rotatable bonds is 7. The van der Waals surface area contributed by atoms with Crippen LogP contribution in [0.15, 0.2) is 24.3 Å². The molecule has 1 atom stereocenters. The molecule has 5 nitrogen and oxygen atoms in total. The van der Waals surface area contributed by atoms with Gasteiger partial charge in [0.15, 0.2) is 0 Å². The Bertz CT molecular complexity index is 474.